The zero-order valence-electron chi connectivity index (χ0n) is 11.3. The van der Waals surface area contributed by atoms with Crippen molar-refractivity contribution in [3.05, 3.63) is 0 Å². The first-order chi connectivity index (χ1) is 9.38. The minimum absolute atomic E-state index is 0.181. The molecule has 20 heavy (non-hydrogen) atoms. The fourth-order valence-corrected chi connectivity index (χ4v) is 2.23. The maximum Gasteiger partial charge on any atom is 0.317 e. The van der Waals surface area contributed by atoms with Crippen LogP contribution >= 0.6 is 0 Å². The third-order valence-corrected chi connectivity index (χ3v) is 3.28. The normalized spacial score (nSPS) is 29.9. The number of hydrogen-bond donors (Lipinski definition) is 5. The molecular weight excluding hydrogens is 266 g/mol. The molecule has 0 aromatic carbocycles. The number of carbonyl (C=O) groups is 3. The highest BCUT2D eigenvalue weighted by molar-refractivity contribution is 5.85. The lowest BCUT2D eigenvalue weighted by Crippen LogP contribution is -2.71. The molecule has 3 atom stereocenters. The lowest BCUT2D eigenvalue weighted by Gasteiger charge is -2.36. The van der Waals surface area contributed by atoms with Gasteiger partial charge in [0.2, 0.25) is 11.8 Å². The maximum atomic E-state index is 11.9. The number of hydrogen-bond acceptors (Lipinski definition) is 6. The highest BCUT2D eigenvalue weighted by Gasteiger charge is 2.44. The number of rotatable bonds is 4. The Morgan fingerprint density at radius 3 is 2.80 bits per heavy atom. The standard InChI is InChI=1S/C11H19N5O4/c1-5(2)9(19)14-11-13-8-7(10(20)15-11)12-4-16(8)3-6(17)18/h5,7-8,11-13H,3-4H2,1-2H3,(H,14,19)(H,15,20)(H,17,18). The fourth-order valence-electron chi connectivity index (χ4n) is 2.23. The molecule has 2 amide bonds. The van der Waals surface area contributed by atoms with Crippen molar-refractivity contribution in [3.63, 3.8) is 0 Å². The number of fused-ring (bicyclic) bond motifs is 1. The van der Waals surface area contributed by atoms with Gasteiger partial charge in [-0.1, -0.05) is 13.8 Å². The first-order valence-electron chi connectivity index (χ1n) is 6.44. The molecule has 0 aliphatic carbocycles. The molecule has 112 valence electrons. The minimum Gasteiger partial charge on any atom is -0.480 e. The van der Waals surface area contributed by atoms with Crippen LogP contribution in [0.4, 0.5) is 0 Å². The summed E-state index contributed by atoms with van der Waals surface area (Å²) in [6, 6.07) is -0.526. The first kappa shape index (κ1) is 14.7. The molecule has 0 saturated carbocycles. The van der Waals surface area contributed by atoms with Gasteiger partial charge in [0, 0.05) is 5.92 Å². The van der Waals surface area contributed by atoms with Crippen LogP contribution in [0.3, 0.4) is 0 Å². The molecule has 9 nitrogen and oxygen atoms in total. The number of carboxylic acids is 1. The van der Waals surface area contributed by atoms with E-state index in [1.165, 1.54) is 0 Å². The summed E-state index contributed by atoms with van der Waals surface area (Å²) in [5.41, 5.74) is 0. The van der Waals surface area contributed by atoms with Crippen LogP contribution in [-0.2, 0) is 14.4 Å². The van der Waals surface area contributed by atoms with Crippen molar-refractivity contribution in [3.8, 4) is 0 Å². The summed E-state index contributed by atoms with van der Waals surface area (Å²) >= 11 is 0. The van der Waals surface area contributed by atoms with Crippen LogP contribution in [0.15, 0.2) is 0 Å². The molecule has 2 rings (SSSR count). The SMILES string of the molecule is CC(C)C(=O)NC1NC(=O)C2NCN(CC(=O)O)C2N1. The summed E-state index contributed by atoms with van der Waals surface area (Å²) in [6.07, 6.45) is -1.16. The highest BCUT2D eigenvalue weighted by atomic mass is 16.4. The lowest BCUT2D eigenvalue weighted by molar-refractivity contribution is -0.140. The van der Waals surface area contributed by atoms with E-state index in [9.17, 15) is 14.4 Å². The molecular formula is C11H19N5O4. The van der Waals surface area contributed by atoms with Crippen LogP contribution in [0.25, 0.3) is 0 Å². The molecule has 0 aromatic rings. The Bertz CT molecular complexity index is 427. The van der Waals surface area contributed by atoms with Crippen molar-refractivity contribution in [2.24, 2.45) is 5.92 Å². The van der Waals surface area contributed by atoms with Crippen LogP contribution in [0.2, 0.25) is 0 Å². The van der Waals surface area contributed by atoms with Crippen molar-refractivity contribution >= 4 is 17.8 Å². The van der Waals surface area contributed by atoms with E-state index in [1.54, 1.807) is 18.7 Å². The topological polar surface area (TPSA) is 123 Å². The Morgan fingerprint density at radius 1 is 1.50 bits per heavy atom. The zero-order valence-corrected chi connectivity index (χ0v) is 11.3. The molecule has 2 fully saturated rings. The molecule has 9 heteroatoms. The molecule has 2 aliphatic heterocycles. The van der Waals surface area contributed by atoms with Gasteiger partial charge in [-0.2, -0.15) is 0 Å². The second-order valence-electron chi connectivity index (χ2n) is 5.20. The van der Waals surface area contributed by atoms with Crippen LogP contribution in [0.5, 0.6) is 0 Å². The van der Waals surface area contributed by atoms with Crippen LogP contribution in [-0.4, -0.2) is 59.5 Å². The molecule has 3 unspecified atom stereocenters. The summed E-state index contributed by atoms with van der Waals surface area (Å²) in [7, 11) is 0. The Morgan fingerprint density at radius 2 is 2.20 bits per heavy atom. The summed E-state index contributed by atoms with van der Waals surface area (Å²) < 4.78 is 0. The van der Waals surface area contributed by atoms with Gasteiger partial charge in [-0.15, -0.1) is 0 Å². The van der Waals surface area contributed by atoms with Gasteiger partial charge in [0.15, 0.2) is 6.29 Å². The lowest BCUT2D eigenvalue weighted by atomic mass is 10.1. The quantitative estimate of drug-likeness (QED) is 0.384. The van der Waals surface area contributed by atoms with E-state index in [0.29, 0.717) is 6.67 Å². The van der Waals surface area contributed by atoms with Gasteiger partial charge in [-0.05, 0) is 0 Å². The van der Waals surface area contributed by atoms with E-state index in [4.69, 9.17) is 5.11 Å². The van der Waals surface area contributed by atoms with Gasteiger partial charge < -0.3 is 15.7 Å². The predicted molar refractivity (Wildman–Crippen MR) is 68.0 cm³/mol. The fraction of sp³-hybridized carbons (Fsp3) is 0.727. The third-order valence-electron chi connectivity index (χ3n) is 3.28. The number of aliphatic carboxylic acids is 1. The molecule has 5 N–H and O–H groups in total. The first-order valence-corrected chi connectivity index (χ1v) is 6.44. The summed E-state index contributed by atoms with van der Waals surface area (Å²) in [6.45, 7) is 3.61. The molecule has 2 aliphatic rings. The Kier molecular flexibility index (Phi) is 4.21. The smallest absolute Gasteiger partial charge is 0.317 e. The third kappa shape index (κ3) is 3.06. The molecule has 2 saturated heterocycles. The van der Waals surface area contributed by atoms with Crippen molar-refractivity contribution < 1.29 is 19.5 Å². The maximum absolute atomic E-state index is 11.9. The summed E-state index contributed by atoms with van der Waals surface area (Å²) in [5, 5.41) is 20.1. The monoisotopic (exact) mass is 285 g/mol. The zero-order chi connectivity index (χ0) is 14.9. The van der Waals surface area contributed by atoms with Gasteiger partial charge in [0.05, 0.1) is 19.4 Å². The second-order valence-corrected chi connectivity index (χ2v) is 5.20. The van der Waals surface area contributed by atoms with E-state index >= 15 is 0 Å². The molecule has 0 spiro atoms. The number of carbonyl (C=O) groups excluding carboxylic acids is 2. The average Bonchev–Trinajstić information content (AvgIpc) is 2.72. The minimum atomic E-state index is -0.969. The van der Waals surface area contributed by atoms with E-state index in [1.807, 2.05) is 0 Å². The van der Waals surface area contributed by atoms with Crippen molar-refractivity contribution in [1.29, 1.82) is 0 Å². The van der Waals surface area contributed by atoms with Crippen LogP contribution in [0.1, 0.15) is 13.8 Å². The Labute approximate surface area is 116 Å². The molecule has 0 bridgehead atoms. The van der Waals surface area contributed by atoms with Gasteiger partial charge in [-0.25, -0.2) is 0 Å². The Balaban J connectivity index is 2.01. The van der Waals surface area contributed by atoms with E-state index in [-0.39, 0.29) is 24.3 Å². The largest absolute Gasteiger partial charge is 0.480 e. The average molecular weight is 285 g/mol. The summed E-state index contributed by atoms with van der Waals surface area (Å²) in [4.78, 5) is 36.0. The van der Waals surface area contributed by atoms with Gasteiger partial charge in [0.25, 0.3) is 0 Å². The summed E-state index contributed by atoms with van der Waals surface area (Å²) in [5.74, 6) is -1.64. The molecule has 0 aromatic heterocycles. The van der Waals surface area contributed by atoms with Gasteiger partial charge in [-0.3, -0.25) is 29.9 Å². The number of carboxylic acid groups (broad SMARTS) is 1. The highest BCUT2D eigenvalue weighted by Crippen LogP contribution is 2.13. The van der Waals surface area contributed by atoms with Crippen LogP contribution < -0.4 is 21.3 Å². The number of nitrogens with zero attached hydrogens (tertiary/aromatic N) is 1. The number of amides is 2. The van der Waals surface area contributed by atoms with Gasteiger partial charge in [0.1, 0.15) is 6.04 Å². The van der Waals surface area contributed by atoms with Crippen molar-refractivity contribution in [1.82, 2.24) is 26.2 Å². The Hall–Kier alpha value is -1.71. The van der Waals surface area contributed by atoms with E-state index in [0.717, 1.165) is 0 Å². The van der Waals surface area contributed by atoms with Crippen molar-refractivity contribution in [2.75, 3.05) is 13.2 Å². The van der Waals surface area contributed by atoms with Gasteiger partial charge >= 0.3 is 5.97 Å². The van der Waals surface area contributed by atoms with E-state index < -0.39 is 24.5 Å². The molecule has 2 heterocycles. The number of nitrogens with one attached hydrogen (secondary N) is 4. The predicted octanol–water partition coefficient (Wildman–Crippen LogP) is -2.60. The van der Waals surface area contributed by atoms with Crippen molar-refractivity contribution in [2.45, 2.75) is 32.3 Å². The van der Waals surface area contributed by atoms with E-state index in [2.05, 4.69) is 21.3 Å². The van der Waals surface area contributed by atoms with Crippen LogP contribution in [0, 0.1) is 5.92 Å². The molecule has 0 radical (unpaired) electrons. The second kappa shape index (κ2) is 5.73.